The number of unbranched alkanes of at least 4 members (excludes halogenated alkanes) is 1. The van der Waals surface area contributed by atoms with E-state index < -0.39 is 12.3 Å². The first-order valence-corrected chi connectivity index (χ1v) is 10.6. The van der Waals surface area contributed by atoms with E-state index in [2.05, 4.69) is 11.7 Å². The van der Waals surface area contributed by atoms with Crippen LogP contribution in [0.3, 0.4) is 0 Å². The number of benzene rings is 3. The van der Waals surface area contributed by atoms with Crippen LogP contribution in [0.15, 0.2) is 72.8 Å². The smallest absolute Gasteiger partial charge is 0.494 e. The maximum atomic E-state index is 12.4. The molecule has 0 amide bonds. The highest BCUT2D eigenvalue weighted by molar-refractivity contribution is 5.86. The van der Waals surface area contributed by atoms with Crippen LogP contribution in [0.2, 0.25) is 0 Å². The average molecular weight is 472 g/mol. The van der Waals surface area contributed by atoms with E-state index in [9.17, 15) is 18.0 Å². The molecule has 0 aliphatic heterocycles. The first-order chi connectivity index (χ1) is 16.2. The molecule has 0 saturated carbocycles. The molecule has 0 unspecified atom stereocenters. The van der Waals surface area contributed by atoms with Crippen molar-refractivity contribution in [3.63, 3.8) is 0 Å². The molecule has 178 valence electrons. The van der Waals surface area contributed by atoms with Gasteiger partial charge < -0.3 is 19.3 Å². The number of rotatable bonds is 10. The summed E-state index contributed by atoms with van der Waals surface area (Å²) < 4.78 is 52.8. The molecule has 0 radical (unpaired) electrons. The molecule has 0 aliphatic rings. The fraction of sp³-hybridized carbons (Fsp3) is 0.192. The third-order valence-corrected chi connectivity index (χ3v) is 4.66. The Balaban J connectivity index is 1.85. The lowest BCUT2D eigenvalue weighted by Gasteiger charge is -2.13. The SMILES string of the molecule is CCCCOc1ccc(Oc2cc(-c3ccc(OC(F)(F)F)cc3)ccc2/C=C/C(=O)O)cc1. The van der Waals surface area contributed by atoms with Crippen molar-refractivity contribution in [2.24, 2.45) is 0 Å². The molecule has 5 nitrogen and oxygen atoms in total. The lowest BCUT2D eigenvalue weighted by atomic mass is 10.0. The fourth-order valence-corrected chi connectivity index (χ4v) is 3.02. The van der Waals surface area contributed by atoms with Crippen molar-refractivity contribution in [1.82, 2.24) is 0 Å². The Kier molecular flexibility index (Phi) is 8.19. The second-order valence-electron chi connectivity index (χ2n) is 7.27. The Hall–Kier alpha value is -3.94. The van der Waals surface area contributed by atoms with E-state index in [1.165, 1.54) is 30.3 Å². The maximum absolute atomic E-state index is 12.4. The Labute approximate surface area is 195 Å². The number of hydrogen-bond donors (Lipinski definition) is 1. The Morgan fingerprint density at radius 3 is 2.15 bits per heavy atom. The van der Waals surface area contributed by atoms with Gasteiger partial charge in [-0.3, -0.25) is 0 Å². The summed E-state index contributed by atoms with van der Waals surface area (Å²) in [6, 6.07) is 17.5. The van der Waals surface area contributed by atoms with Crippen LogP contribution in [0.1, 0.15) is 25.3 Å². The maximum Gasteiger partial charge on any atom is 0.573 e. The summed E-state index contributed by atoms with van der Waals surface area (Å²) in [4.78, 5) is 11.0. The van der Waals surface area contributed by atoms with Crippen LogP contribution in [0, 0.1) is 0 Å². The molecular weight excluding hydrogens is 449 g/mol. The van der Waals surface area contributed by atoms with Crippen LogP contribution < -0.4 is 14.2 Å². The number of carboxylic acid groups (broad SMARTS) is 1. The van der Waals surface area contributed by atoms with Gasteiger partial charge >= 0.3 is 12.3 Å². The number of hydrogen-bond acceptors (Lipinski definition) is 4. The lowest BCUT2D eigenvalue weighted by Crippen LogP contribution is -2.16. The molecule has 3 rings (SSSR count). The number of halogens is 3. The van der Waals surface area contributed by atoms with Crippen molar-refractivity contribution in [3.8, 4) is 34.1 Å². The summed E-state index contributed by atoms with van der Waals surface area (Å²) in [6.45, 7) is 2.70. The van der Waals surface area contributed by atoms with Gasteiger partial charge in [0.2, 0.25) is 0 Å². The summed E-state index contributed by atoms with van der Waals surface area (Å²) in [5.41, 5.74) is 1.82. The van der Waals surface area contributed by atoms with Crippen LogP contribution in [-0.2, 0) is 4.79 Å². The van der Waals surface area contributed by atoms with E-state index in [-0.39, 0.29) is 5.75 Å². The molecule has 0 aromatic heterocycles. The molecule has 0 atom stereocenters. The number of ether oxygens (including phenoxy) is 3. The van der Waals surface area contributed by atoms with E-state index in [0.717, 1.165) is 18.9 Å². The topological polar surface area (TPSA) is 65.0 Å². The van der Waals surface area contributed by atoms with Crippen LogP contribution in [0.25, 0.3) is 17.2 Å². The van der Waals surface area contributed by atoms with Crippen molar-refractivity contribution in [1.29, 1.82) is 0 Å². The first kappa shape index (κ1) is 24.7. The Morgan fingerprint density at radius 1 is 0.912 bits per heavy atom. The standard InChI is InChI=1S/C26H23F3O5/c1-2-3-16-32-21-11-13-22(14-12-21)33-24-17-20(5-4-19(24)8-15-25(30)31)18-6-9-23(10-7-18)34-26(27,28)29/h4-15,17H,2-3,16H2,1H3,(H,30,31)/b15-8+. The van der Waals surface area contributed by atoms with Crippen molar-refractivity contribution in [2.75, 3.05) is 6.61 Å². The van der Waals surface area contributed by atoms with Gasteiger partial charge in [-0.05, 0) is 66.1 Å². The molecule has 0 bridgehead atoms. The van der Waals surface area contributed by atoms with Gasteiger partial charge in [-0.1, -0.05) is 37.6 Å². The summed E-state index contributed by atoms with van der Waals surface area (Å²) in [5, 5.41) is 8.98. The molecule has 0 fully saturated rings. The van der Waals surface area contributed by atoms with E-state index in [1.807, 2.05) is 0 Å². The highest BCUT2D eigenvalue weighted by atomic mass is 19.4. The summed E-state index contributed by atoms with van der Waals surface area (Å²) >= 11 is 0. The first-order valence-electron chi connectivity index (χ1n) is 10.6. The number of alkyl halides is 3. The van der Waals surface area contributed by atoms with Gasteiger partial charge in [0.05, 0.1) is 6.61 Å². The van der Waals surface area contributed by atoms with Crippen molar-refractivity contribution >= 4 is 12.0 Å². The zero-order valence-corrected chi connectivity index (χ0v) is 18.3. The second kappa shape index (κ2) is 11.3. The number of carboxylic acids is 1. The van der Waals surface area contributed by atoms with Crippen molar-refractivity contribution < 1.29 is 37.3 Å². The van der Waals surface area contributed by atoms with Crippen molar-refractivity contribution in [2.45, 2.75) is 26.1 Å². The molecule has 3 aromatic rings. The predicted molar refractivity (Wildman–Crippen MR) is 122 cm³/mol. The predicted octanol–water partition coefficient (Wildman–Crippen LogP) is 7.32. The van der Waals surface area contributed by atoms with E-state index in [4.69, 9.17) is 14.6 Å². The number of aliphatic carboxylic acids is 1. The summed E-state index contributed by atoms with van der Waals surface area (Å²) in [6.07, 6.45) is -0.382. The van der Waals surface area contributed by atoms with Gasteiger partial charge in [-0.25, -0.2) is 4.79 Å². The van der Waals surface area contributed by atoms with Gasteiger partial charge in [0, 0.05) is 11.6 Å². The Bertz CT molecular complexity index is 1120. The van der Waals surface area contributed by atoms with E-state index >= 15 is 0 Å². The zero-order chi connectivity index (χ0) is 24.6. The fourth-order valence-electron chi connectivity index (χ4n) is 3.02. The highest BCUT2D eigenvalue weighted by Gasteiger charge is 2.30. The van der Waals surface area contributed by atoms with E-state index in [0.29, 0.717) is 40.5 Å². The van der Waals surface area contributed by atoms with Crippen molar-refractivity contribution in [3.05, 3.63) is 78.4 Å². The molecule has 0 aliphatic carbocycles. The largest absolute Gasteiger partial charge is 0.573 e. The third-order valence-electron chi connectivity index (χ3n) is 4.66. The lowest BCUT2D eigenvalue weighted by molar-refractivity contribution is -0.274. The van der Waals surface area contributed by atoms with Crippen LogP contribution in [0.4, 0.5) is 13.2 Å². The molecule has 0 saturated heterocycles. The van der Waals surface area contributed by atoms with Crippen LogP contribution in [0.5, 0.6) is 23.0 Å². The minimum atomic E-state index is -4.77. The second-order valence-corrected chi connectivity index (χ2v) is 7.27. The molecule has 0 heterocycles. The quantitative estimate of drug-likeness (QED) is 0.247. The van der Waals surface area contributed by atoms with Gasteiger partial charge in [0.25, 0.3) is 0 Å². The molecule has 3 aromatic carbocycles. The summed E-state index contributed by atoms with van der Waals surface area (Å²) in [5.74, 6) is 0.171. The minimum absolute atomic E-state index is 0.324. The minimum Gasteiger partial charge on any atom is -0.494 e. The normalized spacial score (nSPS) is 11.4. The van der Waals surface area contributed by atoms with E-state index in [1.54, 1.807) is 42.5 Å². The van der Waals surface area contributed by atoms with Gasteiger partial charge in [-0.15, -0.1) is 13.2 Å². The highest BCUT2D eigenvalue weighted by Crippen LogP contribution is 2.33. The van der Waals surface area contributed by atoms with Gasteiger partial charge in [-0.2, -0.15) is 0 Å². The Morgan fingerprint density at radius 2 is 1.53 bits per heavy atom. The third kappa shape index (κ3) is 7.58. The monoisotopic (exact) mass is 472 g/mol. The molecule has 0 spiro atoms. The van der Waals surface area contributed by atoms with Gasteiger partial charge in [0.15, 0.2) is 0 Å². The van der Waals surface area contributed by atoms with Gasteiger partial charge in [0.1, 0.15) is 23.0 Å². The molecule has 1 N–H and O–H groups in total. The average Bonchev–Trinajstić information content (AvgIpc) is 2.79. The molecule has 8 heteroatoms. The van der Waals surface area contributed by atoms with Crippen LogP contribution >= 0.6 is 0 Å². The molecular formula is C26H23F3O5. The van der Waals surface area contributed by atoms with Crippen LogP contribution in [-0.4, -0.2) is 24.0 Å². The summed E-state index contributed by atoms with van der Waals surface area (Å²) in [7, 11) is 0. The zero-order valence-electron chi connectivity index (χ0n) is 18.3. The number of carbonyl (C=O) groups is 1. The molecule has 34 heavy (non-hydrogen) atoms.